The summed E-state index contributed by atoms with van der Waals surface area (Å²) in [6.45, 7) is 5.53. The lowest BCUT2D eigenvalue weighted by Crippen LogP contribution is -2.23. The number of para-hydroxylation sites is 2. The predicted octanol–water partition coefficient (Wildman–Crippen LogP) is 4.02. The minimum Gasteiger partial charge on any atom is -0.489 e. The zero-order chi connectivity index (χ0) is 17.9. The highest BCUT2D eigenvalue weighted by atomic mass is 16.5. The molecule has 0 aliphatic heterocycles. The van der Waals surface area contributed by atoms with Crippen LogP contribution < -0.4 is 15.4 Å². The molecule has 2 rings (SSSR count). The summed E-state index contributed by atoms with van der Waals surface area (Å²) in [6.07, 6.45) is 2.64. The van der Waals surface area contributed by atoms with Crippen LogP contribution in [0, 0.1) is 0 Å². The Kier molecular flexibility index (Phi) is 7.99. The third-order valence-electron chi connectivity index (χ3n) is 3.71. The Hall–Kier alpha value is -2.33. The van der Waals surface area contributed by atoms with E-state index in [1.54, 1.807) is 0 Å². The van der Waals surface area contributed by atoms with Gasteiger partial charge in [0.05, 0.1) is 11.8 Å². The van der Waals surface area contributed by atoms with Gasteiger partial charge in [-0.1, -0.05) is 42.5 Å². The summed E-state index contributed by atoms with van der Waals surface area (Å²) < 4.78 is 5.72. The molecule has 25 heavy (non-hydrogen) atoms. The standard InChI is InChI=1S/C21H28N2O2/c1-17(2)25-20-13-7-6-12-19(20)23-21(24)14-16-22-15-8-11-18-9-4-3-5-10-18/h3-7,9-10,12-13,17,22H,8,11,14-16H2,1-2H3,(H,23,24). The zero-order valence-corrected chi connectivity index (χ0v) is 15.1. The molecule has 2 aromatic carbocycles. The summed E-state index contributed by atoms with van der Waals surface area (Å²) in [5, 5.41) is 6.26. The number of ether oxygens (including phenoxy) is 1. The highest BCUT2D eigenvalue weighted by Gasteiger charge is 2.08. The van der Waals surface area contributed by atoms with Crippen molar-refractivity contribution in [3.05, 3.63) is 60.2 Å². The van der Waals surface area contributed by atoms with Crippen LogP contribution in [0.3, 0.4) is 0 Å². The van der Waals surface area contributed by atoms with Crippen molar-refractivity contribution in [3.8, 4) is 5.75 Å². The lowest BCUT2D eigenvalue weighted by atomic mass is 10.1. The van der Waals surface area contributed by atoms with Gasteiger partial charge < -0.3 is 15.4 Å². The molecule has 4 heteroatoms. The van der Waals surface area contributed by atoms with Gasteiger partial charge in [-0.2, -0.15) is 0 Å². The van der Waals surface area contributed by atoms with Gasteiger partial charge in [-0.15, -0.1) is 0 Å². The fourth-order valence-corrected chi connectivity index (χ4v) is 2.53. The molecule has 1 amide bonds. The van der Waals surface area contributed by atoms with E-state index in [0.717, 1.165) is 25.1 Å². The van der Waals surface area contributed by atoms with E-state index in [9.17, 15) is 4.79 Å². The second-order valence-corrected chi connectivity index (χ2v) is 6.30. The Labute approximate surface area is 150 Å². The molecule has 0 aliphatic carbocycles. The topological polar surface area (TPSA) is 50.4 Å². The lowest BCUT2D eigenvalue weighted by molar-refractivity contribution is -0.116. The maximum absolute atomic E-state index is 12.1. The minimum atomic E-state index is -0.00429. The Bertz CT molecular complexity index is 641. The smallest absolute Gasteiger partial charge is 0.225 e. The second kappa shape index (κ2) is 10.5. The number of hydrogen-bond acceptors (Lipinski definition) is 3. The number of nitrogens with one attached hydrogen (secondary N) is 2. The molecule has 0 fully saturated rings. The minimum absolute atomic E-state index is 0.00429. The molecule has 0 atom stereocenters. The van der Waals surface area contributed by atoms with Crippen LogP contribution in [0.4, 0.5) is 5.69 Å². The molecule has 0 spiro atoms. The van der Waals surface area contributed by atoms with Gasteiger partial charge in [0.15, 0.2) is 0 Å². The van der Waals surface area contributed by atoms with E-state index in [2.05, 4.69) is 34.9 Å². The van der Waals surface area contributed by atoms with Gasteiger partial charge in [-0.25, -0.2) is 0 Å². The van der Waals surface area contributed by atoms with Crippen molar-refractivity contribution in [2.75, 3.05) is 18.4 Å². The molecular weight excluding hydrogens is 312 g/mol. The van der Waals surface area contributed by atoms with Crippen LogP contribution >= 0.6 is 0 Å². The van der Waals surface area contributed by atoms with Gasteiger partial charge in [0.1, 0.15) is 5.75 Å². The largest absolute Gasteiger partial charge is 0.489 e. The first-order valence-corrected chi connectivity index (χ1v) is 8.95. The number of rotatable bonds is 10. The monoisotopic (exact) mass is 340 g/mol. The van der Waals surface area contributed by atoms with Crippen LogP contribution in [0.1, 0.15) is 32.3 Å². The Morgan fingerprint density at radius 2 is 1.72 bits per heavy atom. The number of benzene rings is 2. The van der Waals surface area contributed by atoms with E-state index >= 15 is 0 Å². The highest BCUT2D eigenvalue weighted by molar-refractivity contribution is 5.92. The normalized spacial score (nSPS) is 10.7. The molecule has 0 saturated heterocycles. The number of anilines is 1. The summed E-state index contributed by atoms with van der Waals surface area (Å²) in [5.41, 5.74) is 2.08. The SMILES string of the molecule is CC(C)Oc1ccccc1NC(=O)CCNCCCc1ccccc1. The van der Waals surface area contributed by atoms with Crippen molar-refractivity contribution < 1.29 is 9.53 Å². The molecule has 134 valence electrons. The van der Waals surface area contributed by atoms with E-state index < -0.39 is 0 Å². The molecule has 0 aromatic heterocycles. The molecule has 0 unspecified atom stereocenters. The van der Waals surface area contributed by atoms with Crippen LogP contribution in [-0.2, 0) is 11.2 Å². The number of amides is 1. The molecule has 0 radical (unpaired) electrons. The average Bonchev–Trinajstić information content (AvgIpc) is 2.60. The quantitative estimate of drug-likeness (QED) is 0.642. The van der Waals surface area contributed by atoms with E-state index in [1.165, 1.54) is 5.56 Å². The fourth-order valence-electron chi connectivity index (χ4n) is 2.53. The average molecular weight is 340 g/mol. The summed E-state index contributed by atoms with van der Waals surface area (Å²) in [5.74, 6) is 0.706. The van der Waals surface area contributed by atoms with Crippen molar-refractivity contribution in [1.29, 1.82) is 0 Å². The Morgan fingerprint density at radius 3 is 2.48 bits per heavy atom. The number of carbonyl (C=O) groups is 1. The summed E-state index contributed by atoms with van der Waals surface area (Å²) in [7, 11) is 0. The first-order valence-electron chi connectivity index (χ1n) is 8.95. The molecule has 0 heterocycles. The number of carbonyl (C=O) groups excluding carboxylic acids is 1. The van der Waals surface area contributed by atoms with Crippen LogP contribution in [0.25, 0.3) is 0 Å². The molecule has 0 bridgehead atoms. The third kappa shape index (κ3) is 7.40. The van der Waals surface area contributed by atoms with Crippen LogP contribution in [-0.4, -0.2) is 25.1 Å². The lowest BCUT2D eigenvalue weighted by Gasteiger charge is -2.14. The van der Waals surface area contributed by atoms with Crippen molar-refractivity contribution in [2.24, 2.45) is 0 Å². The second-order valence-electron chi connectivity index (χ2n) is 6.30. The number of hydrogen-bond donors (Lipinski definition) is 2. The first kappa shape index (κ1) is 19.0. The van der Waals surface area contributed by atoms with Crippen molar-refractivity contribution >= 4 is 11.6 Å². The first-order chi connectivity index (χ1) is 12.1. The Balaban J connectivity index is 1.64. The maximum atomic E-state index is 12.1. The summed E-state index contributed by atoms with van der Waals surface area (Å²) in [4.78, 5) is 12.1. The zero-order valence-electron chi connectivity index (χ0n) is 15.1. The highest BCUT2D eigenvalue weighted by Crippen LogP contribution is 2.24. The van der Waals surface area contributed by atoms with Gasteiger partial charge in [-0.3, -0.25) is 4.79 Å². The van der Waals surface area contributed by atoms with E-state index in [1.807, 2.05) is 44.2 Å². The predicted molar refractivity (Wildman–Crippen MR) is 103 cm³/mol. The van der Waals surface area contributed by atoms with Gasteiger partial charge in [-0.05, 0) is 50.9 Å². The van der Waals surface area contributed by atoms with Crippen molar-refractivity contribution in [2.45, 2.75) is 39.2 Å². The maximum Gasteiger partial charge on any atom is 0.225 e. The van der Waals surface area contributed by atoms with Crippen LogP contribution in [0.2, 0.25) is 0 Å². The van der Waals surface area contributed by atoms with E-state index in [4.69, 9.17) is 4.74 Å². The van der Waals surface area contributed by atoms with Crippen LogP contribution in [0.15, 0.2) is 54.6 Å². The van der Waals surface area contributed by atoms with Gasteiger partial charge in [0.25, 0.3) is 0 Å². The molecule has 0 aliphatic rings. The number of aryl methyl sites for hydroxylation is 1. The molecule has 2 N–H and O–H groups in total. The van der Waals surface area contributed by atoms with Crippen molar-refractivity contribution in [3.63, 3.8) is 0 Å². The summed E-state index contributed by atoms with van der Waals surface area (Å²) in [6, 6.07) is 18.0. The van der Waals surface area contributed by atoms with Gasteiger partial charge >= 0.3 is 0 Å². The summed E-state index contributed by atoms with van der Waals surface area (Å²) >= 11 is 0. The van der Waals surface area contributed by atoms with E-state index in [-0.39, 0.29) is 12.0 Å². The fraction of sp³-hybridized carbons (Fsp3) is 0.381. The third-order valence-corrected chi connectivity index (χ3v) is 3.71. The molecule has 4 nitrogen and oxygen atoms in total. The molecule has 2 aromatic rings. The van der Waals surface area contributed by atoms with Gasteiger partial charge in [0, 0.05) is 13.0 Å². The van der Waals surface area contributed by atoms with Crippen molar-refractivity contribution in [1.82, 2.24) is 5.32 Å². The molecular formula is C21H28N2O2. The van der Waals surface area contributed by atoms with E-state index in [0.29, 0.717) is 18.7 Å². The van der Waals surface area contributed by atoms with Gasteiger partial charge in [0.2, 0.25) is 5.91 Å². The molecule has 0 saturated carbocycles. The van der Waals surface area contributed by atoms with Crippen LogP contribution in [0.5, 0.6) is 5.75 Å². The Morgan fingerprint density at radius 1 is 1.00 bits per heavy atom.